The number of rotatable bonds is 6. The highest BCUT2D eigenvalue weighted by atomic mass is 16.3. The molecule has 1 aliphatic rings. The molecule has 1 unspecified atom stereocenters. The highest BCUT2D eigenvalue weighted by Gasteiger charge is 2.18. The number of aliphatic hydroxyl groups is 1. The van der Waals surface area contributed by atoms with Gasteiger partial charge in [0.1, 0.15) is 0 Å². The summed E-state index contributed by atoms with van der Waals surface area (Å²) in [5.74, 6) is 0.414. The van der Waals surface area contributed by atoms with E-state index in [-0.39, 0.29) is 18.2 Å². The average Bonchev–Trinajstić information content (AvgIpc) is 2.56. The van der Waals surface area contributed by atoms with Gasteiger partial charge in [0.15, 0.2) is 0 Å². The smallest absolute Gasteiger partial charge is 0.315 e. The van der Waals surface area contributed by atoms with E-state index in [2.05, 4.69) is 41.5 Å². The van der Waals surface area contributed by atoms with Crippen molar-refractivity contribution >= 4 is 6.03 Å². The first-order valence-corrected chi connectivity index (χ1v) is 8.97. The van der Waals surface area contributed by atoms with Gasteiger partial charge in [0.2, 0.25) is 0 Å². The molecule has 0 radical (unpaired) electrons. The molecular weight excluding hydrogens is 302 g/mol. The average molecular weight is 333 g/mol. The van der Waals surface area contributed by atoms with Gasteiger partial charge in [0.25, 0.3) is 0 Å². The normalized spacial score (nSPS) is 17.7. The van der Waals surface area contributed by atoms with Gasteiger partial charge in [-0.3, -0.25) is 4.90 Å². The summed E-state index contributed by atoms with van der Waals surface area (Å²) in [6, 6.07) is 8.28. The molecule has 1 aliphatic heterocycles. The van der Waals surface area contributed by atoms with Gasteiger partial charge >= 0.3 is 6.03 Å². The molecule has 5 heteroatoms. The molecule has 134 valence electrons. The van der Waals surface area contributed by atoms with Crippen molar-refractivity contribution in [2.24, 2.45) is 5.92 Å². The van der Waals surface area contributed by atoms with E-state index in [0.717, 1.165) is 38.0 Å². The van der Waals surface area contributed by atoms with Crippen LogP contribution in [0.4, 0.5) is 4.79 Å². The third kappa shape index (κ3) is 5.80. The third-order valence-electron chi connectivity index (χ3n) is 4.87. The van der Waals surface area contributed by atoms with Gasteiger partial charge in [-0.15, -0.1) is 0 Å². The second-order valence-corrected chi connectivity index (χ2v) is 7.14. The van der Waals surface area contributed by atoms with Crippen LogP contribution in [-0.4, -0.2) is 41.3 Å². The lowest BCUT2D eigenvalue weighted by Crippen LogP contribution is -2.42. The van der Waals surface area contributed by atoms with Crippen LogP contribution in [0.2, 0.25) is 0 Å². The lowest BCUT2D eigenvalue weighted by atomic mass is 10.0. The molecule has 24 heavy (non-hydrogen) atoms. The SMILES string of the molecule is CC(C)C(C)NC(=O)NCc1ccccc1CN1CCC(O)CC1. The van der Waals surface area contributed by atoms with Gasteiger partial charge in [0, 0.05) is 32.2 Å². The molecule has 5 nitrogen and oxygen atoms in total. The molecule has 0 aliphatic carbocycles. The molecular formula is C19H31N3O2. The van der Waals surface area contributed by atoms with Gasteiger partial charge in [-0.1, -0.05) is 38.1 Å². The topological polar surface area (TPSA) is 64.6 Å². The highest BCUT2D eigenvalue weighted by Crippen LogP contribution is 2.16. The lowest BCUT2D eigenvalue weighted by Gasteiger charge is -2.30. The monoisotopic (exact) mass is 333 g/mol. The van der Waals surface area contributed by atoms with Crippen LogP contribution in [0.1, 0.15) is 44.7 Å². The molecule has 1 heterocycles. The van der Waals surface area contributed by atoms with Crippen LogP contribution in [0.15, 0.2) is 24.3 Å². The van der Waals surface area contributed by atoms with Gasteiger partial charge < -0.3 is 15.7 Å². The Kier molecular flexibility index (Phi) is 7.06. The maximum absolute atomic E-state index is 12.0. The van der Waals surface area contributed by atoms with Gasteiger partial charge in [-0.25, -0.2) is 4.79 Å². The Labute approximate surface area is 145 Å². The second-order valence-electron chi connectivity index (χ2n) is 7.14. The Hall–Kier alpha value is -1.59. The van der Waals surface area contributed by atoms with Crippen molar-refractivity contribution in [1.29, 1.82) is 0 Å². The van der Waals surface area contributed by atoms with Crippen molar-refractivity contribution in [1.82, 2.24) is 15.5 Å². The summed E-state index contributed by atoms with van der Waals surface area (Å²) >= 11 is 0. The van der Waals surface area contributed by atoms with Gasteiger partial charge in [0.05, 0.1) is 6.10 Å². The zero-order chi connectivity index (χ0) is 17.5. The Bertz CT molecular complexity index is 525. The predicted molar refractivity (Wildman–Crippen MR) is 96.6 cm³/mol. The summed E-state index contributed by atoms with van der Waals surface area (Å²) in [6.07, 6.45) is 1.54. The number of likely N-dealkylation sites (tertiary alicyclic amines) is 1. The molecule has 1 saturated heterocycles. The number of carbonyl (C=O) groups is 1. The van der Waals surface area contributed by atoms with Crippen LogP contribution in [0.5, 0.6) is 0 Å². The summed E-state index contributed by atoms with van der Waals surface area (Å²) in [6.45, 7) is 9.46. The molecule has 1 aromatic rings. The summed E-state index contributed by atoms with van der Waals surface area (Å²) < 4.78 is 0. The zero-order valence-corrected chi connectivity index (χ0v) is 15.1. The van der Waals surface area contributed by atoms with Crippen LogP contribution >= 0.6 is 0 Å². The summed E-state index contributed by atoms with van der Waals surface area (Å²) in [5, 5.41) is 15.6. The van der Waals surface area contributed by atoms with E-state index in [1.165, 1.54) is 5.56 Å². The molecule has 3 N–H and O–H groups in total. The zero-order valence-electron chi connectivity index (χ0n) is 15.1. The molecule has 1 atom stereocenters. The number of amides is 2. The fraction of sp³-hybridized carbons (Fsp3) is 0.632. The first-order chi connectivity index (χ1) is 11.5. The molecule has 0 saturated carbocycles. The predicted octanol–water partition coefficient (Wildman–Crippen LogP) is 2.49. The maximum Gasteiger partial charge on any atom is 0.315 e. The van der Waals surface area contributed by atoms with Crippen molar-refractivity contribution in [3.8, 4) is 0 Å². The van der Waals surface area contributed by atoms with E-state index in [4.69, 9.17) is 0 Å². The van der Waals surface area contributed by atoms with Gasteiger partial charge in [-0.2, -0.15) is 0 Å². The second kappa shape index (κ2) is 9.04. The number of hydrogen-bond acceptors (Lipinski definition) is 3. The Morgan fingerprint density at radius 2 is 1.83 bits per heavy atom. The number of nitrogens with zero attached hydrogens (tertiary/aromatic N) is 1. The van der Waals surface area contributed by atoms with E-state index in [1.807, 2.05) is 19.1 Å². The first-order valence-electron chi connectivity index (χ1n) is 8.97. The molecule has 0 bridgehead atoms. The van der Waals surface area contributed by atoms with Crippen LogP contribution in [0, 0.1) is 5.92 Å². The van der Waals surface area contributed by atoms with E-state index < -0.39 is 0 Å². The summed E-state index contributed by atoms with van der Waals surface area (Å²) in [7, 11) is 0. The standard InChI is InChI=1S/C19H31N3O2/c1-14(2)15(3)21-19(24)20-12-16-6-4-5-7-17(16)13-22-10-8-18(23)9-11-22/h4-7,14-15,18,23H,8-13H2,1-3H3,(H2,20,21,24). The van der Waals surface area contributed by atoms with Crippen LogP contribution in [-0.2, 0) is 13.1 Å². The number of piperidine rings is 1. The quantitative estimate of drug-likeness (QED) is 0.749. The van der Waals surface area contributed by atoms with Crippen molar-refractivity contribution < 1.29 is 9.90 Å². The molecule has 2 amide bonds. The highest BCUT2D eigenvalue weighted by molar-refractivity contribution is 5.74. The lowest BCUT2D eigenvalue weighted by molar-refractivity contribution is 0.0791. The minimum Gasteiger partial charge on any atom is -0.393 e. The number of aliphatic hydroxyl groups excluding tert-OH is 1. The first kappa shape index (κ1) is 18.7. The number of nitrogens with one attached hydrogen (secondary N) is 2. The van der Waals surface area contributed by atoms with E-state index in [0.29, 0.717) is 12.5 Å². The van der Waals surface area contributed by atoms with Crippen LogP contribution in [0.3, 0.4) is 0 Å². The Morgan fingerprint density at radius 1 is 1.21 bits per heavy atom. The third-order valence-corrected chi connectivity index (χ3v) is 4.87. The summed E-state index contributed by atoms with van der Waals surface area (Å²) in [5.41, 5.74) is 2.39. The Morgan fingerprint density at radius 3 is 2.46 bits per heavy atom. The minimum atomic E-state index is -0.148. The minimum absolute atomic E-state index is 0.118. The van der Waals surface area contributed by atoms with E-state index in [9.17, 15) is 9.90 Å². The van der Waals surface area contributed by atoms with Crippen molar-refractivity contribution in [3.05, 3.63) is 35.4 Å². The van der Waals surface area contributed by atoms with E-state index in [1.54, 1.807) is 0 Å². The number of carbonyl (C=O) groups excluding carboxylic acids is 1. The van der Waals surface area contributed by atoms with E-state index >= 15 is 0 Å². The molecule has 0 aromatic heterocycles. The van der Waals surface area contributed by atoms with Crippen molar-refractivity contribution in [2.45, 2.75) is 58.8 Å². The van der Waals surface area contributed by atoms with Crippen molar-refractivity contribution in [3.63, 3.8) is 0 Å². The largest absolute Gasteiger partial charge is 0.393 e. The number of hydrogen-bond donors (Lipinski definition) is 3. The maximum atomic E-state index is 12.0. The van der Waals surface area contributed by atoms with Crippen LogP contribution in [0.25, 0.3) is 0 Å². The van der Waals surface area contributed by atoms with Crippen LogP contribution < -0.4 is 10.6 Å². The molecule has 2 rings (SSSR count). The fourth-order valence-corrected chi connectivity index (χ4v) is 2.80. The fourth-order valence-electron chi connectivity index (χ4n) is 2.80. The Balaban J connectivity index is 1.88. The van der Waals surface area contributed by atoms with Crippen molar-refractivity contribution in [2.75, 3.05) is 13.1 Å². The number of benzene rings is 1. The van der Waals surface area contributed by atoms with Gasteiger partial charge in [-0.05, 0) is 36.8 Å². The molecule has 1 aromatic carbocycles. The summed E-state index contributed by atoms with van der Waals surface area (Å²) in [4.78, 5) is 14.4. The molecule has 0 spiro atoms. The number of urea groups is 1. The molecule has 1 fully saturated rings.